The second-order valence-corrected chi connectivity index (χ2v) is 6.41. The van der Waals surface area contributed by atoms with Crippen molar-refractivity contribution in [3.05, 3.63) is 54.1 Å². The molecule has 1 aliphatic rings. The molecule has 28 heavy (non-hydrogen) atoms. The van der Waals surface area contributed by atoms with Gasteiger partial charge in [0.25, 0.3) is 11.8 Å². The van der Waals surface area contributed by atoms with Gasteiger partial charge in [0.15, 0.2) is 18.1 Å². The van der Waals surface area contributed by atoms with Crippen LogP contribution in [0.4, 0.5) is 5.69 Å². The van der Waals surface area contributed by atoms with Crippen LogP contribution in [-0.4, -0.2) is 44.8 Å². The summed E-state index contributed by atoms with van der Waals surface area (Å²) in [5.74, 6) is 0.599. The zero-order valence-electron chi connectivity index (χ0n) is 15.8. The van der Waals surface area contributed by atoms with Gasteiger partial charge in [-0.15, -0.1) is 0 Å². The second-order valence-electron chi connectivity index (χ2n) is 6.41. The van der Waals surface area contributed by atoms with Crippen LogP contribution in [0.5, 0.6) is 11.5 Å². The zero-order chi connectivity index (χ0) is 19.8. The molecule has 3 rings (SSSR count). The Morgan fingerprint density at radius 2 is 1.86 bits per heavy atom. The van der Waals surface area contributed by atoms with Gasteiger partial charge in [0, 0.05) is 24.4 Å². The fraction of sp³-hybridized carbons (Fsp3) is 0.333. The molecule has 2 aromatic carbocycles. The second kappa shape index (κ2) is 9.75. The van der Waals surface area contributed by atoms with Crippen molar-refractivity contribution in [3.63, 3.8) is 0 Å². The summed E-state index contributed by atoms with van der Waals surface area (Å²) >= 11 is 0. The van der Waals surface area contributed by atoms with E-state index < -0.39 is 0 Å². The van der Waals surface area contributed by atoms with Gasteiger partial charge in [-0.3, -0.25) is 9.59 Å². The summed E-state index contributed by atoms with van der Waals surface area (Å²) in [5.41, 5.74) is 1.12. The number of amides is 2. The largest absolute Gasteiger partial charge is 0.493 e. The van der Waals surface area contributed by atoms with Crippen LogP contribution in [0.2, 0.25) is 0 Å². The molecule has 0 saturated carbocycles. The molecule has 1 heterocycles. The van der Waals surface area contributed by atoms with Gasteiger partial charge in [-0.05, 0) is 49.2 Å². The summed E-state index contributed by atoms with van der Waals surface area (Å²) in [6.45, 7) is 1.12. The lowest BCUT2D eigenvalue weighted by Crippen LogP contribution is -2.31. The first kappa shape index (κ1) is 19.7. The zero-order valence-corrected chi connectivity index (χ0v) is 15.8. The van der Waals surface area contributed by atoms with E-state index in [2.05, 4.69) is 10.6 Å². The molecule has 148 valence electrons. The van der Waals surface area contributed by atoms with Crippen LogP contribution < -0.4 is 20.1 Å². The smallest absolute Gasteiger partial charge is 0.262 e. The first-order valence-electron chi connectivity index (χ1n) is 9.21. The first-order chi connectivity index (χ1) is 13.7. The molecular weight excluding hydrogens is 360 g/mol. The van der Waals surface area contributed by atoms with Gasteiger partial charge < -0.3 is 24.8 Å². The predicted octanol–water partition coefficient (Wildman–Crippen LogP) is 2.62. The predicted molar refractivity (Wildman–Crippen MR) is 105 cm³/mol. The SMILES string of the molecule is COc1ccccc1OCC(=O)Nc1ccc(C(=O)NCC2CCCO2)cc1. The summed E-state index contributed by atoms with van der Waals surface area (Å²) in [7, 11) is 1.54. The molecule has 0 radical (unpaired) electrons. The van der Waals surface area contributed by atoms with Gasteiger partial charge >= 0.3 is 0 Å². The highest BCUT2D eigenvalue weighted by Crippen LogP contribution is 2.25. The maximum atomic E-state index is 12.2. The van der Waals surface area contributed by atoms with Crippen LogP contribution in [0, 0.1) is 0 Å². The van der Waals surface area contributed by atoms with Gasteiger partial charge in [0.2, 0.25) is 0 Å². The van der Waals surface area contributed by atoms with Gasteiger partial charge in [-0.25, -0.2) is 0 Å². The van der Waals surface area contributed by atoms with Crippen molar-refractivity contribution >= 4 is 17.5 Å². The summed E-state index contributed by atoms with van der Waals surface area (Å²) in [6, 6.07) is 13.8. The molecule has 1 atom stereocenters. The van der Waals surface area contributed by atoms with E-state index in [1.165, 1.54) is 0 Å². The summed E-state index contributed by atoms with van der Waals surface area (Å²) in [4.78, 5) is 24.3. The number of carbonyl (C=O) groups is 2. The minimum atomic E-state index is -0.304. The number of rotatable bonds is 8. The molecule has 1 fully saturated rings. The number of hydrogen-bond acceptors (Lipinski definition) is 5. The number of nitrogens with one attached hydrogen (secondary N) is 2. The third kappa shape index (κ3) is 5.47. The summed E-state index contributed by atoms with van der Waals surface area (Å²) < 4.78 is 16.2. The molecule has 7 nitrogen and oxygen atoms in total. The van der Waals surface area contributed by atoms with Gasteiger partial charge in [-0.1, -0.05) is 12.1 Å². The van der Waals surface area contributed by atoms with Crippen molar-refractivity contribution in [2.75, 3.05) is 32.2 Å². The van der Waals surface area contributed by atoms with Crippen molar-refractivity contribution in [2.45, 2.75) is 18.9 Å². The number of para-hydroxylation sites is 2. The van der Waals surface area contributed by atoms with Gasteiger partial charge in [0.1, 0.15) is 0 Å². The Balaban J connectivity index is 1.46. The molecule has 0 spiro atoms. The lowest BCUT2D eigenvalue weighted by Gasteiger charge is -2.12. The van der Waals surface area contributed by atoms with Crippen LogP contribution in [0.15, 0.2) is 48.5 Å². The van der Waals surface area contributed by atoms with E-state index in [0.717, 1.165) is 19.4 Å². The summed E-state index contributed by atoms with van der Waals surface area (Å²) in [5, 5.41) is 5.60. The third-order valence-corrected chi connectivity index (χ3v) is 4.37. The molecule has 0 bridgehead atoms. The molecule has 1 unspecified atom stereocenters. The third-order valence-electron chi connectivity index (χ3n) is 4.37. The Bertz CT molecular complexity index is 801. The van der Waals surface area contributed by atoms with E-state index in [9.17, 15) is 9.59 Å². The number of methoxy groups -OCH3 is 1. The highest BCUT2D eigenvalue weighted by Gasteiger charge is 2.16. The Labute approximate surface area is 164 Å². The lowest BCUT2D eigenvalue weighted by molar-refractivity contribution is -0.118. The standard InChI is InChI=1S/C21H24N2O5/c1-26-18-6-2-3-7-19(18)28-14-20(24)23-16-10-8-15(9-11-16)21(25)22-13-17-5-4-12-27-17/h2-3,6-11,17H,4-5,12-14H2,1H3,(H,22,25)(H,23,24). The minimum absolute atomic E-state index is 0.103. The van der Waals surface area contributed by atoms with Crippen LogP contribution in [0.1, 0.15) is 23.2 Å². The van der Waals surface area contributed by atoms with Crippen molar-refractivity contribution in [2.24, 2.45) is 0 Å². The number of ether oxygens (including phenoxy) is 3. The monoisotopic (exact) mass is 384 g/mol. The van der Waals surface area contributed by atoms with E-state index in [1.807, 2.05) is 6.07 Å². The van der Waals surface area contributed by atoms with Crippen LogP contribution >= 0.6 is 0 Å². The molecular formula is C21H24N2O5. The molecule has 2 aromatic rings. The maximum absolute atomic E-state index is 12.2. The average molecular weight is 384 g/mol. The first-order valence-corrected chi connectivity index (χ1v) is 9.21. The highest BCUT2D eigenvalue weighted by molar-refractivity contribution is 5.96. The van der Waals surface area contributed by atoms with Crippen molar-refractivity contribution in [3.8, 4) is 11.5 Å². The Hall–Kier alpha value is -3.06. The van der Waals surface area contributed by atoms with Crippen LogP contribution in [0.3, 0.4) is 0 Å². The Kier molecular flexibility index (Phi) is 6.86. The fourth-order valence-electron chi connectivity index (χ4n) is 2.90. The van der Waals surface area contributed by atoms with Crippen molar-refractivity contribution < 1.29 is 23.8 Å². The fourth-order valence-corrected chi connectivity index (χ4v) is 2.90. The maximum Gasteiger partial charge on any atom is 0.262 e. The average Bonchev–Trinajstić information content (AvgIpc) is 3.25. The van der Waals surface area contributed by atoms with E-state index in [0.29, 0.717) is 29.3 Å². The highest BCUT2D eigenvalue weighted by atomic mass is 16.5. The molecule has 1 saturated heterocycles. The molecule has 2 amide bonds. The minimum Gasteiger partial charge on any atom is -0.493 e. The number of anilines is 1. The van der Waals surface area contributed by atoms with E-state index >= 15 is 0 Å². The summed E-state index contributed by atoms with van der Waals surface area (Å²) in [6.07, 6.45) is 2.11. The van der Waals surface area contributed by atoms with E-state index in [1.54, 1.807) is 49.6 Å². The molecule has 1 aliphatic heterocycles. The molecule has 2 N–H and O–H groups in total. The molecule has 0 aliphatic carbocycles. The number of hydrogen-bond donors (Lipinski definition) is 2. The van der Waals surface area contributed by atoms with Crippen LogP contribution in [0.25, 0.3) is 0 Å². The van der Waals surface area contributed by atoms with E-state index in [-0.39, 0.29) is 24.5 Å². The lowest BCUT2D eigenvalue weighted by atomic mass is 10.2. The molecule has 7 heteroatoms. The Morgan fingerprint density at radius 1 is 1.11 bits per heavy atom. The quantitative estimate of drug-likeness (QED) is 0.731. The number of carbonyl (C=O) groups excluding carboxylic acids is 2. The van der Waals surface area contributed by atoms with Gasteiger partial charge in [0.05, 0.1) is 13.2 Å². The van der Waals surface area contributed by atoms with Crippen LogP contribution in [-0.2, 0) is 9.53 Å². The van der Waals surface area contributed by atoms with Gasteiger partial charge in [-0.2, -0.15) is 0 Å². The topological polar surface area (TPSA) is 85.9 Å². The molecule has 0 aromatic heterocycles. The van der Waals surface area contributed by atoms with Crippen molar-refractivity contribution in [1.82, 2.24) is 5.32 Å². The van der Waals surface area contributed by atoms with Crippen molar-refractivity contribution in [1.29, 1.82) is 0 Å². The van der Waals surface area contributed by atoms with E-state index in [4.69, 9.17) is 14.2 Å². The normalized spacial score (nSPS) is 15.7. The Morgan fingerprint density at radius 3 is 2.54 bits per heavy atom. The number of benzene rings is 2.